The first-order chi connectivity index (χ1) is 12.6. The van der Waals surface area contributed by atoms with Gasteiger partial charge >= 0.3 is 6.03 Å². The molecule has 2 aromatic carbocycles. The summed E-state index contributed by atoms with van der Waals surface area (Å²) in [5.41, 5.74) is 2.73. The molecular formula is C20H23N5O. The number of nitrogens with one attached hydrogen (secondary N) is 2. The third-order valence-corrected chi connectivity index (χ3v) is 4.26. The molecule has 6 nitrogen and oxygen atoms in total. The monoisotopic (exact) mass is 349 g/mol. The molecule has 1 unspecified atom stereocenters. The van der Waals surface area contributed by atoms with E-state index < -0.39 is 0 Å². The number of nitrogens with zero attached hydrogens (tertiary/aromatic N) is 3. The molecule has 3 rings (SSSR count). The number of carbonyl (C=O) groups is 1. The zero-order chi connectivity index (χ0) is 18.4. The Morgan fingerprint density at radius 2 is 1.96 bits per heavy atom. The molecule has 2 amide bonds. The highest BCUT2D eigenvalue weighted by molar-refractivity contribution is 5.89. The number of aromatic nitrogens is 2. The predicted octanol–water partition coefficient (Wildman–Crippen LogP) is 3.52. The van der Waals surface area contributed by atoms with Crippen LogP contribution >= 0.6 is 0 Å². The molecule has 134 valence electrons. The maximum Gasteiger partial charge on any atom is 0.319 e. The van der Waals surface area contributed by atoms with Gasteiger partial charge in [-0.1, -0.05) is 24.3 Å². The first-order valence-corrected chi connectivity index (χ1v) is 8.56. The lowest BCUT2D eigenvalue weighted by atomic mass is 10.2. The first kappa shape index (κ1) is 17.5. The van der Waals surface area contributed by atoms with Crippen molar-refractivity contribution in [1.29, 1.82) is 0 Å². The quantitative estimate of drug-likeness (QED) is 0.716. The molecule has 0 saturated heterocycles. The second kappa shape index (κ2) is 8.20. The predicted molar refractivity (Wildman–Crippen MR) is 105 cm³/mol. The molecule has 26 heavy (non-hydrogen) atoms. The molecule has 0 saturated carbocycles. The smallest absolute Gasteiger partial charge is 0.319 e. The van der Waals surface area contributed by atoms with Gasteiger partial charge in [-0.3, -0.25) is 0 Å². The van der Waals surface area contributed by atoms with E-state index in [1.165, 1.54) is 0 Å². The summed E-state index contributed by atoms with van der Waals surface area (Å²) in [7, 11) is 2.02. The van der Waals surface area contributed by atoms with Crippen LogP contribution in [0.1, 0.15) is 6.92 Å². The number of hydrogen-bond acceptors (Lipinski definition) is 3. The van der Waals surface area contributed by atoms with E-state index in [2.05, 4.69) is 39.7 Å². The van der Waals surface area contributed by atoms with Gasteiger partial charge in [-0.2, -0.15) is 5.10 Å². The van der Waals surface area contributed by atoms with E-state index in [-0.39, 0.29) is 12.1 Å². The van der Waals surface area contributed by atoms with Crippen LogP contribution in [0.25, 0.3) is 5.69 Å². The minimum Gasteiger partial charge on any atom is -0.370 e. The molecule has 6 heteroatoms. The lowest BCUT2D eigenvalue weighted by molar-refractivity contribution is 0.251. The van der Waals surface area contributed by atoms with Crippen LogP contribution < -0.4 is 15.5 Å². The van der Waals surface area contributed by atoms with Crippen molar-refractivity contribution in [3.8, 4) is 5.69 Å². The molecular weight excluding hydrogens is 326 g/mol. The molecule has 0 bridgehead atoms. The molecule has 1 heterocycles. The number of hydrogen-bond donors (Lipinski definition) is 2. The fourth-order valence-electron chi connectivity index (χ4n) is 2.62. The van der Waals surface area contributed by atoms with Crippen molar-refractivity contribution in [3.63, 3.8) is 0 Å². The van der Waals surface area contributed by atoms with Crippen LogP contribution in [0.5, 0.6) is 0 Å². The second-order valence-corrected chi connectivity index (χ2v) is 6.13. The van der Waals surface area contributed by atoms with Gasteiger partial charge in [0, 0.05) is 43.4 Å². The molecule has 1 aromatic heterocycles. The van der Waals surface area contributed by atoms with Crippen LogP contribution in [-0.4, -0.2) is 35.4 Å². The van der Waals surface area contributed by atoms with Gasteiger partial charge in [-0.15, -0.1) is 0 Å². The molecule has 0 aliphatic heterocycles. The van der Waals surface area contributed by atoms with Gasteiger partial charge in [0.25, 0.3) is 0 Å². The minimum atomic E-state index is -0.226. The van der Waals surface area contributed by atoms with Gasteiger partial charge in [-0.25, -0.2) is 9.48 Å². The molecule has 0 aliphatic carbocycles. The molecule has 1 atom stereocenters. The Bertz CT molecular complexity index is 832. The van der Waals surface area contributed by atoms with E-state index in [0.717, 1.165) is 17.1 Å². The number of carbonyl (C=O) groups excluding carboxylic acids is 1. The molecule has 3 aromatic rings. The summed E-state index contributed by atoms with van der Waals surface area (Å²) in [5, 5.41) is 9.99. The topological polar surface area (TPSA) is 62.2 Å². The van der Waals surface area contributed by atoms with E-state index >= 15 is 0 Å². The van der Waals surface area contributed by atoms with Crippen LogP contribution in [0, 0.1) is 0 Å². The minimum absolute atomic E-state index is 0.165. The van der Waals surface area contributed by atoms with E-state index in [1.54, 1.807) is 10.9 Å². The summed E-state index contributed by atoms with van der Waals surface area (Å²) in [6.07, 6.45) is 3.58. The van der Waals surface area contributed by atoms with E-state index in [0.29, 0.717) is 6.54 Å². The number of anilines is 2. The van der Waals surface area contributed by atoms with Crippen molar-refractivity contribution in [2.75, 3.05) is 23.8 Å². The zero-order valence-corrected chi connectivity index (χ0v) is 15.0. The van der Waals surface area contributed by atoms with E-state index in [9.17, 15) is 4.79 Å². The van der Waals surface area contributed by atoms with Gasteiger partial charge in [0.05, 0.1) is 5.69 Å². The lowest BCUT2D eigenvalue weighted by Crippen LogP contribution is -2.41. The summed E-state index contributed by atoms with van der Waals surface area (Å²) in [6, 6.07) is 19.5. The maximum absolute atomic E-state index is 12.2. The molecule has 0 spiro atoms. The van der Waals surface area contributed by atoms with E-state index in [1.807, 2.05) is 61.8 Å². The number of para-hydroxylation sites is 1. The van der Waals surface area contributed by atoms with Crippen LogP contribution in [0.2, 0.25) is 0 Å². The summed E-state index contributed by atoms with van der Waals surface area (Å²) in [4.78, 5) is 14.3. The lowest BCUT2D eigenvalue weighted by Gasteiger charge is -2.27. The van der Waals surface area contributed by atoms with Crippen molar-refractivity contribution in [1.82, 2.24) is 15.1 Å². The highest BCUT2D eigenvalue weighted by Gasteiger charge is 2.11. The highest BCUT2D eigenvalue weighted by Crippen LogP contribution is 2.15. The summed E-state index contributed by atoms with van der Waals surface area (Å²) in [5.74, 6) is 0. The Morgan fingerprint density at radius 1 is 1.15 bits per heavy atom. The number of rotatable bonds is 6. The normalized spacial score (nSPS) is 11.6. The van der Waals surface area contributed by atoms with Crippen molar-refractivity contribution in [2.45, 2.75) is 13.0 Å². The standard InChI is InChI=1S/C20H23N5O/c1-16(24(2)18-9-4-3-5-10-18)15-21-20(26)23-17-8-6-11-19(14-17)25-13-7-12-22-25/h3-14,16H,15H2,1-2H3,(H2,21,23,26). The molecule has 0 aliphatic rings. The number of benzene rings is 2. The average Bonchev–Trinajstić information content (AvgIpc) is 3.21. The molecule has 0 fully saturated rings. The van der Waals surface area contributed by atoms with Crippen LogP contribution in [0.4, 0.5) is 16.2 Å². The highest BCUT2D eigenvalue weighted by atomic mass is 16.2. The largest absolute Gasteiger partial charge is 0.370 e. The Hall–Kier alpha value is -3.28. The fraction of sp³-hybridized carbons (Fsp3) is 0.200. The van der Waals surface area contributed by atoms with Gasteiger partial charge in [0.2, 0.25) is 0 Å². The Labute approximate surface area is 153 Å². The number of urea groups is 1. The Kier molecular flexibility index (Phi) is 5.53. The fourth-order valence-corrected chi connectivity index (χ4v) is 2.62. The summed E-state index contributed by atoms with van der Waals surface area (Å²) >= 11 is 0. The Balaban J connectivity index is 1.54. The van der Waals surface area contributed by atoms with E-state index in [4.69, 9.17) is 0 Å². The number of likely N-dealkylation sites (N-methyl/N-ethyl adjacent to an activating group) is 1. The van der Waals surface area contributed by atoms with Crippen molar-refractivity contribution in [3.05, 3.63) is 73.1 Å². The SMILES string of the molecule is CC(CNC(=O)Nc1cccc(-n2cccn2)c1)N(C)c1ccccc1. The van der Waals surface area contributed by atoms with Gasteiger partial charge in [0.1, 0.15) is 0 Å². The second-order valence-electron chi connectivity index (χ2n) is 6.13. The third kappa shape index (κ3) is 4.42. The van der Waals surface area contributed by atoms with Crippen LogP contribution in [-0.2, 0) is 0 Å². The van der Waals surface area contributed by atoms with Crippen LogP contribution in [0.15, 0.2) is 73.1 Å². The Morgan fingerprint density at radius 3 is 2.69 bits per heavy atom. The van der Waals surface area contributed by atoms with Gasteiger partial charge < -0.3 is 15.5 Å². The average molecular weight is 349 g/mol. The van der Waals surface area contributed by atoms with Gasteiger partial charge in [-0.05, 0) is 43.3 Å². The molecule has 0 radical (unpaired) electrons. The summed E-state index contributed by atoms with van der Waals surface area (Å²) < 4.78 is 1.75. The maximum atomic E-state index is 12.2. The zero-order valence-electron chi connectivity index (χ0n) is 15.0. The summed E-state index contributed by atoms with van der Waals surface area (Å²) in [6.45, 7) is 2.61. The first-order valence-electron chi connectivity index (χ1n) is 8.56. The third-order valence-electron chi connectivity index (χ3n) is 4.26. The van der Waals surface area contributed by atoms with Crippen LogP contribution in [0.3, 0.4) is 0 Å². The van der Waals surface area contributed by atoms with Crippen molar-refractivity contribution in [2.24, 2.45) is 0 Å². The van der Waals surface area contributed by atoms with Crippen molar-refractivity contribution >= 4 is 17.4 Å². The number of amides is 2. The van der Waals surface area contributed by atoms with Gasteiger partial charge in [0.15, 0.2) is 0 Å². The van der Waals surface area contributed by atoms with Crippen molar-refractivity contribution < 1.29 is 4.79 Å². The molecule has 2 N–H and O–H groups in total.